The van der Waals surface area contributed by atoms with E-state index in [2.05, 4.69) is 16.0 Å². The molecule has 2 rings (SSSR count). The van der Waals surface area contributed by atoms with Gasteiger partial charge >= 0.3 is 6.03 Å². The number of hydrogen-bond donors (Lipinski definition) is 3. The first-order valence-electron chi connectivity index (χ1n) is 6.57. The number of nitrogens with one attached hydrogen (secondary N) is 3. The maximum absolute atomic E-state index is 13.0. The van der Waals surface area contributed by atoms with Crippen molar-refractivity contribution in [2.24, 2.45) is 5.92 Å². The maximum Gasteiger partial charge on any atom is 0.315 e. The van der Waals surface area contributed by atoms with Gasteiger partial charge in [-0.3, -0.25) is 4.79 Å². The van der Waals surface area contributed by atoms with Crippen LogP contribution in [0.25, 0.3) is 0 Å². The molecule has 3 N–H and O–H groups in total. The van der Waals surface area contributed by atoms with Gasteiger partial charge in [0.2, 0.25) is 5.91 Å². The quantitative estimate of drug-likeness (QED) is 0.778. The fraction of sp³-hybridized carbons (Fsp3) is 0.429. The Morgan fingerprint density at radius 1 is 1.35 bits per heavy atom. The SMILES string of the molecule is CC(C)C(NC(=O)C1CNC(=O)N1)c1ccc(F)cc1. The fourth-order valence-corrected chi connectivity index (χ4v) is 2.17. The van der Waals surface area contributed by atoms with E-state index in [9.17, 15) is 14.0 Å². The molecule has 1 aromatic carbocycles. The lowest BCUT2D eigenvalue weighted by Crippen LogP contribution is -2.45. The fourth-order valence-electron chi connectivity index (χ4n) is 2.17. The van der Waals surface area contributed by atoms with E-state index in [1.54, 1.807) is 12.1 Å². The van der Waals surface area contributed by atoms with Crippen molar-refractivity contribution in [2.45, 2.75) is 25.9 Å². The van der Waals surface area contributed by atoms with Gasteiger partial charge in [-0.05, 0) is 23.6 Å². The molecule has 0 aliphatic carbocycles. The van der Waals surface area contributed by atoms with Crippen molar-refractivity contribution in [1.82, 2.24) is 16.0 Å². The summed E-state index contributed by atoms with van der Waals surface area (Å²) < 4.78 is 13.0. The van der Waals surface area contributed by atoms with Gasteiger partial charge in [0.1, 0.15) is 11.9 Å². The Balaban J connectivity index is 2.08. The van der Waals surface area contributed by atoms with Crippen LogP contribution in [0, 0.1) is 11.7 Å². The lowest BCUT2D eigenvalue weighted by Gasteiger charge is -2.24. The van der Waals surface area contributed by atoms with Crippen LogP contribution in [0.4, 0.5) is 9.18 Å². The average molecular weight is 279 g/mol. The van der Waals surface area contributed by atoms with Gasteiger partial charge in [0.05, 0.1) is 6.04 Å². The van der Waals surface area contributed by atoms with Crippen LogP contribution < -0.4 is 16.0 Å². The van der Waals surface area contributed by atoms with Crippen LogP contribution in [0.2, 0.25) is 0 Å². The van der Waals surface area contributed by atoms with Gasteiger partial charge in [-0.1, -0.05) is 26.0 Å². The van der Waals surface area contributed by atoms with Crippen molar-refractivity contribution in [3.05, 3.63) is 35.6 Å². The Bertz CT molecular complexity index is 502. The normalized spacial score (nSPS) is 19.4. The highest BCUT2D eigenvalue weighted by Crippen LogP contribution is 2.22. The number of urea groups is 1. The van der Waals surface area contributed by atoms with Gasteiger partial charge in [-0.25, -0.2) is 9.18 Å². The van der Waals surface area contributed by atoms with Gasteiger partial charge in [0, 0.05) is 6.54 Å². The molecule has 108 valence electrons. The lowest BCUT2D eigenvalue weighted by molar-refractivity contribution is -0.123. The number of hydrogen-bond acceptors (Lipinski definition) is 2. The monoisotopic (exact) mass is 279 g/mol. The molecule has 5 nitrogen and oxygen atoms in total. The topological polar surface area (TPSA) is 70.2 Å². The predicted octanol–water partition coefficient (Wildman–Crippen LogP) is 1.32. The summed E-state index contributed by atoms with van der Waals surface area (Å²) in [5.74, 6) is -0.407. The highest BCUT2D eigenvalue weighted by Gasteiger charge is 2.29. The van der Waals surface area contributed by atoms with E-state index in [-0.39, 0.29) is 36.3 Å². The van der Waals surface area contributed by atoms with E-state index in [0.29, 0.717) is 0 Å². The summed E-state index contributed by atoms with van der Waals surface area (Å²) in [7, 11) is 0. The summed E-state index contributed by atoms with van der Waals surface area (Å²) in [6.45, 7) is 4.22. The van der Waals surface area contributed by atoms with Crippen molar-refractivity contribution in [1.29, 1.82) is 0 Å². The molecule has 1 aliphatic rings. The lowest BCUT2D eigenvalue weighted by atomic mass is 9.95. The standard InChI is InChI=1S/C14H18FN3O2/c1-8(2)12(9-3-5-10(15)6-4-9)18-13(19)11-7-16-14(20)17-11/h3-6,8,11-12H,7H2,1-2H3,(H,18,19)(H2,16,17,20). The number of halogens is 1. The predicted molar refractivity (Wildman–Crippen MR) is 72.4 cm³/mol. The first kappa shape index (κ1) is 14.3. The van der Waals surface area contributed by atoms with Crippen LogP contribution in [0.1, 0.15) is 25.5 Å². The average Bonchev–Trinajstić information content (AvgIpc) is 2.83. The number of carbonyl (C=O) groups excluding carboxylic acids is 2. The molecule has 0 aromatic heterocycles. The minimum atomic E-state index is -0.566. The molecular weight excluding hydrogens is 261 g/mol. The van der Waals surface area contributed by atoms with Crippen LogP contribution >= 0.6 is 0 Å². The van der Waals surface area contributed by atoms with E-state index in [0.717, 1.165) is 5.56 Å². The van der Waals surface area contributed by atoms with E-state index in [1.807, 2.05) is 13.8 Å². The number of benzene rings is 1. The van der Waals surface area contributed by atoms with Crippen molar-refractivity contribution in [2.75, 3.05) is 6.54 Å². The third-order valence-corrected chi connectivity index (χ3v) is 3.28. The molecule has 0 saturated carbocycles. The van der Waals surface area contributed by atoms with Crippen molar-refractivity contribution < 1.29 is 14.0 Å². The van der Waals surface area contributed by atoms with Crippen LogP contribution in [-0.4, -0.2) is 24.5 Å². The summed E-state index contributed by atoms with van der Waals surface area (Å²) in [5.41, 5.74) is 0.840. The van der Waals surface area contributed by atoms with E-state index < -0.39 is 6.04 Å². The van der Waals surface area contributed by atoms with Gasteiger partial charge in [0.25, 0.3) is 0 Å². The Hall–Kier alpha value is -2.11. The molecule has 6 heteroatoms. The Labute approximate surface area is 116 Å². The minimum Gasteiger partial charge on any atom is -0.347 e. The van der Waals surface area contributed by atoms with E-state index in [4.69, 9.17) is 0 Å². The molecule has 20 heavy (non-hydrogen) atoms. The molecule has 1 aromatic rings. The van der Waals surface area contributed by atoms with Gasteiger partial charge in [0.15, 0.2) is 0 Å². The molecule has 0 bridgehead atoms. The number of rotatable bonds is 4. The molecule has 1 heterocycles. The zero-order valence-corrected chi connectivity index (χ0v) is 11.4. The second kappa shape index (κ2) is 5.90. The largest absolute Gasteiger partial charge is 0.347 e. The summed E-state index contributed by atoms with van der Waals surface area (Å²) in [5, 5.41) is 7.97. The molecule has 0 radical (unpaired) electrons. The number of carbonyl (C=O) groups is 2. The Kier molecular flexibility index (Phi) is 4.22. The highest BCUT2D eigenvalue weighted by atomic mass is 19.1. The molecule has 3 amide bonds. The van der Waals surface area contributed by atoms with Crippen LogP contribution in [-0.2, 0) is 4.79 Å². The van der Waals surface area contributed by atoms with E-state index >= 15 is 0 Å². The zero-order valence-electron chi connectivity index (χ0n) is 11.4. The van der Waals surface area contributed by atoms with Gasteiger partial charge in [-0.2, -0.15) is 0 Å². The molecule has 1 aliphatic heterocycles. The van der Waals surface area contributed by atoms with Crippen LogP contribution in [0.3, 0.4) is 0 Å². The van der Waals surface area contributed by atoms with Crippen molar-refractivity contribution in [3.63, 3.8) is 0 Å². The van der Waals surface area contributed by atoms with Crippen molar-refractivity contribution >= 4 is 11.9 Å². The Morgan fingerprint density at radius 2 is 2.00 bits per heavy atom. The third-order valence-electron chi connectivity index (χ3n) is 3.28. The van der Waals surface area contributed by atoms with Gasteiger partial charge < -0.3 is 16.0 Å². The molecule has 1 saturated heterocycles. The third kappa shape index (κ3) is 3.26. The van der Waals surface area contributed by atoms with Crippen LogP contribution in [0.15, 0.2) is 24.3 Å². The van der Waals surface area contributed by atoms with Crippen LogP contribution in [0.5, 0.6) is 0 Å². The maximum atomic E-state index is 13.0. The smallest absolute Gasteiger partial charge is 0.315 e. The summed E-state index contributed by atoms with van der Waals surface area (Å²) in [4.78, 5) is 23.1. The second-order valence-corrected chi connectivity index (χ2v) is 5.19. The zero-order chi connectivity index (χ0) is 14.7. The van der Waals surface area contributed by atoms with Crippen molar-refractivity contribution in [3.8, 4) is 0 Å². The molecule has 0 spiro atoms. The molecule has 1 fully saturated rings. The summed E-state index contributed by atoms with van der Waals surface area (Å²) in [6, 6.07) is 4.93. The van der Waals surface area contributed by atoms with E-state index in [1.165, 1.54) is 12.1 Å². The minimum absolute atomic E-state index is 0.148. The summed E-state index contributed by atoms with van der Waals surface area (Å²) >= 11 is 0. The first-order valence-corrected chi connectivity index (χ1v) is 6.57. The summed E-state index contributed by atoms with van der Waals surface area (Å²) in [6.07, 6.45) is 0. The molecular formula is C14H18FN3O2. The van der Waals surface area contributed by atoms with Gasteiger partial charge in [-0.15, -0.1) is 0 Å². The molecule has 2 unspecified atom stereocenters. The second-order valence-electron chi connectivity index (χ2n) is 5.19. The highest BCUT2D eigenvalue weighted by molar-refractivity contribution is 5.90. The first-order chi connectivity index (χ1) is 9.47. The molecule has 2 atom stereocenters. The number of amides is 3. The Morgan fingerprint density at radius 3 is 2.50 bits per heavy atom.